The predicted molar refractivity (Wildman–Crippen MR) is 84.5 cm³/mol. The summed E-state index contributed by atoms with van der Waals surface area (Å²) in [7, 11) is 1.79. The van der Waals surface area contributed by atoms with Crippen molar-refractivity contribution in [2.75, 3.05) is 11.9 Å². The molecule has 1 aromatic heterocycles. The summed E-state index contributed by atoms with van der Waals surface area (Å²) >= 11 is 0. The molecule has 6 heteroatoms. The molecule has 2 amide bonds. The van der Waals surface area contributed by atoms with Gasteiger partial charge >= 0.3 is 11.8 Å². The first-order valence-electron chi connectivity index (χ1n) is 7.12. The number of amides is 2. The largest absolute Gasteiger partial charge is 0.347 e. The summed E-state index contributed by atoms with van der Waals surface area (Å²) in [6.07, 6.45) is 0.685. The van der Waals surface area contributed by atoms with Crippen molar-refractivity contribution in [2.24, 2.45) is 7.05 Å². The first kappa shape index (κ1) is 15.8. The molecule has 0 unspecified atom stereocenters. The second-order valence-corrected chi connectivity index (χ2v) is 5.12. The zero-order chi connectivity index (χ0) is 16.1. The van der Waals surface area contributed by atoms with Crippen molar-refractivity contribution in [3.63, 3.8) is 0 Å². The normalized spacial score (nSPS) is 10.3. The highest BCUT2D eigenvalue weighted by atomic mass is 16.2. The Hall–Kier alpha value is -2.63. The van der Waals surface area contributed by atoms with Gasteiger partial charge in [0.05, 0.1) is 17.1 Å². The molecule has 2 N–H and O–H groups in total. The number of rotatable bonds is 4. The summed E-state index contributed by atoms with van der Waals surface area (Å²) in [5.41, 5.74) is 3.20. The van der Waals surface area contributed by atoms with Crippen LogP contribution in [0.5, 0.6) is 0 Å². The van der Waals surface area contributed by atoms with Gasteiger partial charge in [-0.25, -0.2) is 0 Å². The van der Waals surface area contributed by atoms with Crippen LogP contribution in [0.25, 0.3) is 0 Å². The van der Waals surface area contributed by atoms with Crippen molar-refractivity contribution in [3.05, 3.63) is 47.3 Å². The highest BCUT2D eigenvalue weighted by Gasteiger charge is 2.17. The summed E-state index contributed by atoms with van der Waals surface area (Å²) in [5, 5.41) is 9.43. The predicted octanol–water partition coefficient (Wildman–Crippen LogP) is 1.33. The Bertz CT molecular complexity index is 677. The average Bonchev–Trinajstić information content (AvgIpc) is 2.74. The molecular weight excluding hydrogens is 280 g/mol. The zero-order valence-corrected chi connectivity index (χ0v) is 13.0. The number of hydrogen-bond acceptors (Lipinski definition) is 3. The fourth-order valence-corrected chi connectivity index (χ4v) is 2.17. The van der Waals surface area contributed by atoms with Crippen LogP contribution in [0.4, 0.5) is 5.69 Å². The van der Waals surface area contributed by atoms with E-state index in [0.29, 0.717) is 24.3 Å². The van der Waals surface area contributed by atoms with Gasteiger partial charge in [0.25, 0.3) is 0 Å². The fraction of sp³-hybridized carbons (Fsp3) is 0.312. The van der Waals surface area contributed by atoms with Gasteiger partial charge in [0, 0.05) is 13.6 Å². The molecule has 0 spiro atoms. The van der Waals surface area contributed by atoms with Crippen LogP contribution in [-0.2, 0) is 23.1 Å². The van der Waals surface area contributed by atoms with E-state index in [1.807, 2.05) is 37.3 Å². The monoisotopic (exact) mass is 300 g/mol. The molecule has 0 aliphatic rings. The van der Waals surface area contributed by atoms with Crippen LogP contribution in [0.3, 0.4) is 0 Å². The Balaban J connectivity index is 1.86. The SMILES string of the molecule is Cc1nn(C)c(C)c1NC(=O)C(=O)NCCc1ccccc1. The molecule has 2 aromatic rings. The molecule has 0 radical (unpaired) electrons. The van der Waals surface area contributed by atoms with Crippen molar-refractivity contribution >= 4 is 17.5 Å². The molecule has 1 heterocycles. The van der Waals surface area contributed by atoms with Crippen molar-refractivity contribution < 1.29 is 9.59 Å². The molecule has 0 saturated heterocycles. The van der Waals surface area contributed by atoms with Crippen LogP contribution in [0.15, 0.2) is 30.3 Å². The van der Waals surface area contributed by atoms with E-state index in [9.17, 15) is 9.59 Å². The van der Waals surface area contributed by atoms with Crippen molar-refractivity contribution in [3.8, 4) is 0 Å². The van der Waals surface area contributed by atoms with E-state index in [1.165, 1.54) is 0 Å². The first-order valence-corrected chi connectivity index (χ1v) is 7.12. The Kier molecular flexibility index (Phi) is 4.93. The van der Waals surface area contributed by atoms with Gasteiger partial charge in [-0.15, -0.1) is 0 Å². The minimum Gasteiger partial charge on any atom is -0.347 e. The Morgan fingerprint density at radius 2 is 1.82 bits per heavy atom. The van der Waals surface area contributed by atoms with E-state index in [4.69, 9.17) is 0 Å². The number of anilines is 1. The van der Waals surface area contributed by atoms with Crippen LogP contribution in [-0.4, -0.2) is 28.1 Å². The topological polar surface area (TPSA) is 76.0 Å². The van der Waals surface area contributed by atoms with Crippen LogP contribution >= 0.6 is 0 Å². The third-order valence-corrected chi connectivity index (χ3v) is 3.50. The molecule has 0 bridgehead atoms. The Morgan fingerprint density at radius 1 is 1.14 bits per heavy atom. The van der Waals surface area contributed by atoms with E-state index in [0.717, 1.165) is 11.3 Å². The highest BCUT2D eigenvalue weighted by molar-refractivity contribution is 6.39. The summed E-state index contributed by atoms with van der Waals surface area (Å²) in [5.74, 6) is -1.31. The van der Waals surface area contributed by atoms with Crippen LogP contribution < -0.4 is 10.6 Å². The van der Waals surface area contributed by atoms with Crippen molar-refractivity contribution in [1.29, 1.82) is 0 Å². The second-order valence-electron chi connectivity index (χ2n) is 5.12. The van der Waals surface area contributed by atoms with Gasteiger partial charge in [0.2, 0.25) is 0 Å². The first-order chi connectivity index (χ1) is 10.5. The molecule has 0 aliphatic carbocycles. The molecule has 0 aliphatic heterocycles. The number of nitrogens with one attached hydrogen (secondary N) is 2. The van der Waals surface area contributed by atoms with Crippen LogP contribution in [0.1, 0.15) is 17.0 Å². The number of hydrogen-bond donors (Lipinski definition) is 2. The maximum atomic E-state index is 11.9. The number of aryl methyl sites for hydroxylation is 2. The van der Waals surface area contributed by atoms with E-state index in [-0.39, 0.29) is 0 Å². The fourth-order valence-electron chi connectivity index (χ4n) is 2.17. The zero-order valence-electron chi connectivity index (χ0n) is 13.0. The molecule has 0 atom stereocenters. The lowest BCUT2D eigenvalue weighted by atomic mass is 10.1. The number of benzene rings is 1. The number of nitrogens with zero attached hydrogens (tertiary/aromatic N) is 2. The molecule has 0 saturated carbocycles. The lowest BCUT2D eigenvalue weighted by Crippen LogP contribution is -2.36. The maximum absolute atomic E-state index is 11.9. The van der Waals surface area contributed by atoms with Gasteiger partial charge in [0.15, 0.2) is 0 Å². The molecule has 2 rings (SSSR count). The standard InChI is InChI=1S/C16H20N4O2/c1-11-14(12(2)20(3)19-11)18-16(22)15(21)17-10-9-13-7-5-4-6-8-13/h4-8H,9-10H2,1-3H3,(H,17,21)(H,18,22). The summed E-state index contributed by atoms with van der Waals surface area (Å²) in [6, 6.07) is 9.78. The smallest absolute Gasteiger partial charge is 0.313 e. The van der Waals surface area contributed by atoms with E-state index in [1.54, 1.807) is 18.7 Å². The molecular formula is C16H20N4O2. The van der Waals surface area contributed by atoms with Gasteiger partial charge in [-0.2, -0.15) is 5.10 Å². The van der Waals surface area contributed by atoms with E-state index < -0.39 is 11.8 Å². The lowest BCUT2D eigenvalue weighted by Gasteiger charge is -2.07. The van der Waals surface area contributed by atoms with Crippen LogP contribution in [0, 0.1) is 13.8 Å². The van der Waals surface area contributed by atoms with E-state index >= 15 is 0 Å². The number of aromatic nitrogens is 2. The molecule has 1 aromatic carbocycles. The van der Waals surface area contributed by atoms with Gasteiger partial charge in [-0.3, -0.25) is 14.3 Å². The van der Waals surface area contributed by atoms with Crippen LogP contribution in [0.2, 0.25) is 0 Å². The summed E-state index contributed by atoms with van der Waals surface area (Å²) in [6.45, 7) is 4.04. The summed E-state index contributed by atoms with van der Waals surface area (Å²) < 4.78 is 1.66. The van der Waals surface area contributed by atoms with Gasteiger partial charge in [-0.05, 0) is 25.8 Å². The average molecular weight is 300 g/mol. The minimum atomic E-state index is -0.674. The van der Waals surface area contributed by atoms with E-state index in [2.05, 4.69) is 15.7 Å². The molecule has 0 fully saturated rings. The quantitative estimate of drug-likeness (QED) is 0.837. The van der Waals surface area contributed by atoms with Gasteiger partial charge < -0.3 is 10.6 Å². The number of carbonyl (C=O) groups is 2. The third-order valence-electron chi connectivity index (χ3n) is 3.50. The van der Waals surface area contributed by atoms with Gasteiger partial charge in [-0.1, -0.05) is 30.3 Å². The second kappa shape index (κ2) is 6.89. The minimum absolute atomic E-state index is 0.418. The highest BCUT2D eigenvalue weighted by Crippen LogP contribution is 2.17. The molecule has 6 nitrogen and oxygen atoms in total. The Morgan fingerprint density at radius 3 is 2.41 bits per heavy atom. The lowest BCUT2D eigenvalue weighted by molar-refractivity contribution is -0.136. The van der Waals surface area contributed by atoms with Gasteiger partial charge in [0.1, 0.15) is 0 Å². The van der Waals surface area contributed by atoms with Crippen molar-refractivity contribution in [2.45, 2.75) is 20.3 Å². The Labute approximate surface area is 129 Å². The molecule has 22 heavy (non-hydrogen) atoms. The maximum Gasteiger partial charge on any atom is 0.313 e. The van der Waals surface area contributed by atoms with Crippen molar-refractivity contribution in [1.82, 2.24) is 15.1 Å². The molecule has 116 valence electrons. The number of carbonyl (C=O) groups excluding carboxylic acids is 2. The third kappa shape index (κ3) is 3.72. The summed E-state index contributed by atoms with van der Waals surface area (Å²) in [4.78, 5) is 23.7.